The average Bonchev–Trinajstić information content (AvgIpc) is 3.01. The highest BCUT2D eigenvalue weighted by atomic mass is 32.3. The summed E-state index contributed by atoms with van der Waals surface area (Å²) in [5.74, 6) is 0.491. The summed E-state index contributed by atoms with van der Waals surface area (Å²) < 4.78 is 40.2. The van der Waals surface area contributed by atoms with Crippen LogP contribution in [-0.2, 0) is 14.6 Å². The first-order chi connectivity index (χ1) is 13.1. The lowest BCUT2D eigenvalue weighted by molar-refractivity contribution is -0.621. The Morgan fingerprint density at radius 3 is 2.75 bits per heavy atom. The van der Waals surface area contributed by atoms with E-state index in [1.54, 1.807) is 0 Å². The van der Waals surface area contributed by atoms with Crippen LogP contribution in [0.15, 0.2) is 15.7 Å². The van der Waals surface area contributed by atoms with Crippen molar-refractivity contribution >= 4 is 16.4 Å². The van der Waals surface area contributed by atoms with E-state index < -0.39 is 39.9 Å². The number of nitrogens with zero attached hydrogens (tertiary/aromatic N) is 1. The largest absolute Gasteiger partial charge is 0.726 e. The van der Waals surface area contributed by atoms with Gasteiger partial charge in [-0.3, -0.25) is 29.2 Å². The Bertz CT molecular complexity index is 1000. The van der Waals surface area contributed by atoms with E-state index in [4.69, 9.17) is 4.18 Å². The van der Waals surface area contributed by atoms with Gasteiger partial charge in [-0.25, -0.2) is 13.2 Å². The van der Waals surface area contributed by atoms with Crippen LogP contribution in [0.2, 0.25) is 0 Å². The molecule has 0 amide bonds. The Balaban J connectivity index is 1.61. The Hall–Kier alpha value is -2.22. The molecule has 0 spiro atoms. The molecule has 3 aliphatic rings. The molecular weight excluding hydrogens is 394 g/mol. The van der Waals surface area contributed by atoms with E-state index in [9.17, 15) is 27.7 Å². The monoisotopic (exact) mass is 415 g/mol. The molecule has 4 heterocycles. The number of hydrogen-bond acceptors (Lipinski definition) is 9. The normalized spacial score (nSPS) is 33.0. The second-order valence-corrected chi connectivity index (χ2v) is 8.48. The smallest absolute Gasteiger partial charge is 0.346 e. The molecule has 0 aromatic carbocycles. The number of guanidine groups is 1. The summed E-state index contributed by atoms with van der Waals surface area (Å²) >= 11 is 0. The predicted molar refractivity (Wildman–Crippen MR) is 93.4 cm³/mol. The van der Waals surface area contributed by atoms with Gasteiger partial charge in [0.15, 0.2) is 0 Å². The minimum atomic E-state index is -4.83. The molecule has 154 valence electrons. The molecule has 0 unspecified atom stereocenters. The summed E-state index contributed by atoms with van der Waals surface area (Å²) in [4.78, 5) is 27.5. The van der Waals surface area contributed by atoms with Gasteiger partial charge in [0, 0.05) is 24.8 Å². The van der Waals surface area contributed by atoms with Crippen LogP contribution < -0.4 is 21.9 Å². The summed E-state index contributed by atoms with van der Waals surface area (Å²) in [6.45, 7) is 2.37. The zero-order valence-corrected chi connectivity index (χ0v) is 15.7. The number of aromatic amines is 2. The van der Waals surface area contributed by atoms with Gasteiger partial charge in [-0.15, -0.1) is 0 Å². The molecule has 5 N–H and O–H groups in total. The third-order valence-electron chi connectivity index (χ3n) is 5.76. The van der Waals surface area contributed by atoms with Crippen LogP contribution in [0.4, 0.5) is 0 Å². The summed E-state index contributed by atoms with van der Waals surface area (Å²) in [6, 6.07) is 0.324. The van der Waals surface area contributed by atoms with Crippen molar-refractivity contribution in [3.8, 4) is 0 Å². The first-order valence-electron chi connectivity index (χ1n) is 8.94. The predicted octanol–water partition coefficient (Wildman–Crippen LogP) is -2.95. The van der Waals surface area contributed by atoms with Crippen LogP contribution in [0.1, 0.15) is 31.6 Å². The molecule has 4 rings (SSSR count). The fourth-order valence-electron chi connectivity index (χ4n) is 4.51. The van der Waals surface area contributed by atoms with Gasteiger partial charge in [-0.05, 0) is 0 Å². The molecule has 3 aliphatic heterocycles. The summed E-state index contributed by atoms with van der Waals surface area (Å²) in [7, 11) is -4.83. The first-order valence-corrected chi connectivity index (χ1v) is 10.3. The molecule has 28 heavy (non-hydrogen) atoms. The molecule has 1 fully saturated rings. The number of aromatic nitrogens is 2. The van der Waals surface area contributed by atoms with Crippen molar-refractivity contribution in [2.24, 2.45) is 5.92 Å². The number of aliphatic hydroxyl groups is 1. The summed E-state index contributed by atoms with van der Waals surface area (Å²) in [5, 5.41) is 17.1. The number of aliphatic hydroxyl groups excluding tert-OH is 1. The highest BCUT2D eigenvalue weighted by Crippen LogP contribution is 2.35. The molecule has 0 saturated carbocycles. The molecule has 6 atom stereocenters. The maximum atomic E-state index is 11.5. The number of H-pyrrole nitrogens is 2. The standard InChI is InChI=1S/C15H21N5O7S/c1-6-10-5-16-14-17-8(13(22)9-4-12(21)19-15(23)18-9)2-7(20(10)14)3-11(6)27-28(24,25)26/h4,6-8,10-11,13,22H,2-3,5H2,1H3,(H4,16,17,18,19,21,23,24,25,26)/t6-,7+,8-,10-,11+,13-/m1/s1. The third-order valence-corrected chi connectivity index (χ3v) is 6.24. The molecule has 13 heteroatoms. The van der Waals surface area contributed by atoms with E-state index in [2.05, 4.69) is 20.2 Å². The van der Waals surface area contributed by atoms with Gasteiger partial charge in [0.2, 0.25) is 10.4 Å². The number of rotatable bonds is 4. The van der Waals surface area contributed by atoms with E-state index in [0.717, 1.165) is 6.07 Å². The quantitative estimate of drug-likeness (QED) is 0.195. The SMILES string of the molecule is C[C@H]1[C@@H](OS(=O)(=O)[O-])C[C@@H]2C[C@H]([C@@H](O)c3cc(=O)[nH]c(=O)[nH]3)NC3=[N+]2[C@@H]1CN3. The van der Waals surface area contributed by atoms with Crippen LogP contribution in [0, 0.1) is 5.92 Å². The van der Waals surface area contributed by atoms with Gasteiger partial charge in [0.25, 0.3) is 5.56 Å². The van der Waals surface area contributed by atoms with Crippen LogP contribution in [0.25, 0.3) is 0 Å². The molecule has 1 aromatic rings. The lowest BCUT2D eigenvalue weighted by atomic mass is 9.82. The zero-order chi connectivity index (χ0) is 20.2. The van der Waals surface area contributed by atoms with Crippen molar-refractivity contribution < 1.29 is 26.8 Å². The Kier molecular flexibility index (Phi) is 4.56. The van der Waals surface area contributed by atoms with Gasteiger partial charge in [-0.2, -0.15) is 0 Å². The van der Waals surface area contributed by atoms with E-state index in [-0.39, 0.29) is 23.7 Å². The van der Waals surface area contributed by atoms with Gasteiger partial charge in [0.1, 0.15) is 18.2 Å². The van der Waals surface area contributed by atoms with E-state index in [0.29, 0.717) is 25.3 Å². The highest BCUT2D eigenvalue weighted by molar-refractivity contribution is 7.80. The highest BCUT2D eigenvalue weighted by Gasteiger charge is 2.51. The Morgan fingerprint density at radius 2 is 2.07 bits per heavy atom. The number of piperidine rings is 1. The first kappa shape index (κ1) is 19.1. The van der Waals surface area contributed by atoms with Crippen molar-refractivity contribution in [3.05, 3.63) is 32.6 Å². The topological polar surface area (TPSA) is 179 Å². The minimum absolute atomic E-state index is 0.0644. The molecule has 1 aromatic heterocycles. The van der Waals surface area contributed by atoms with Crippen molar-refractivity contribution in [2.75, 3.05) is 6.54 Å². The molecular formula is C15H21N5O7S. The summed E-state index contributed by atoms with van der Waals surface area (Å²) in [6.07, 6.45) is -1.25. The van der Waals surface area contributed by atoms with E-state index >= 15 is 0 Å². The second-order valence-electron chi connectivity index (χ2n) is 7.47. The van der Waals surface area contributed by atoms with Crippen molar-refractivity contribution in [1.82, 2.24) is 20.6 Å². The number of nitrogens with one attached hydrogen (secondary N) is 4. The lowest BCUT2D eigenvalue weighted by Gasteiger charge is -2.42. The third kappa shape index (κ3) is 3.45. The lowest BCUT2D eigenvalue weighted by Crippen LogP contribution is -2.60. The fourth-order valence-corrected chi connectivity index (χ4v) is 5.06. The number of hydrogen-bond donors (Lipinski definition) is 5. The second kappa shape index (κ2) is 6.69. The zero-order valence-electron chi connectivity index (χ0n) is 14.9. The van der Waals surface area contributed by atoms with E-state index in [1.807, 2.05) is 11.9 Å². The average molecular weight is 415 g/mol. The van der Waals surface area contributed by atoms with E-state index in [1.165, 1.54) is 0 Å². The Morgan fingerprint density at radius 1 is 1.32 bits per heavy atom. The molecule has 0 aliphatic carbocycles. The molecule has 0 radical (unpaired) electrons. The summed E-state index contributed by atoms with van der Waals surface area (Å²) in [5.41, 5.74) is -1.26. The van der Waals surface area contributed by atoms with Crippen LogP contribution in [0.5, 0.6) is 0 Å². The van der Waals surface area contributed by atoms with Crippen LogP contribution in [-0.4, -0.2) is 69.4 Å². The van der Waals surface area contributed by atoms with Crippen molar-refractivity contribution in [1.29, 1.82) is 0 Å². The minimum Gasteiger partial charge on any atom is -0.726 e. The van der Waals surface area contributed by atoms with Crippen molar-refractivity contribution in [3.63, 3.8) is 0 Å². The van der Waals surface area contributed by atoms with Gasteiger partial charge < -0.3 is 14.6 Å². The Labute approximate surface area is 159 Å². The van der Waals surface area contributed by atoms with Gasteiger partial charge in [0.05, 0.1) is 24.4 Å². The maximum absolute atomic E-state index is 11.5. The fraction of sp³-hybridized carbons (Fsp3) is 0.667. The molecule has 12 nitrogen and oxygen atoms in total. The van der Waals surface area contributed by atoms with Gasteiger partial charge >= 0.3 is 11.6 Å². The van der Waals surface area contributed by atoms with Gasteiger partial charge in [-0.1, -0.05) is 6.92 Å². The van der Waals surface area contributed by atoms with Crippen LogP contribution >= 0.6 is 0 Å². The maximum Gasteiger partial charge on any atom is 0.346 e. The molecule has 0 bridgehead atoms. The van der Waals surface area contributed by atoms with Crippen LogP contribution in [0.3, 0.4) is 0 Å². The van der Waals surface area contributed by atoms with Crippen molar-refractivity contribution in [2.45, 2.75) is 50.1 Å². The molecule has 1 saturated heterocycles.